The van der Waals surface area contributed by atoms with Gasteiger partial charge in [-0.3, -0.25) is 10.1 Å². The summed E-state index contributed by atoms with van der Waals surface area (Å²) in [5.41, 5.74) is 0.230. The van der Waals surface area contributed by atoms with Crippen LogP contribution < -0.4 is 0 Å². The standard InChI is InChI=1S/C11H11NO5/c1-2-17-11(14)10(7-13)8-3-5-9(6-4-8)12(15)16/h3-7,13H,2H2,1H3/b10-7+. The van der Waals surface area contributed by atoms with Gasteiger partial charge < -0.3 is 9.84 Å². The lowest BCUT2D eigenvalue weighted by Gasteiger charge is -2.05. The van der Waals surface area contributed by atoms with Crippen molar-refractivity contribution in [3.8, 4) is 0 Å². The smallest absolute Gasteiger partial charge is 0.341 e. The summed E-state index contributed by atoms with van der Waals surface area (Å²) in [5.74, 6) is -0.677. The average Bonchev–Trinajstić information content (AvgIpc) is 2.31. The van der Waals surface area contributed by atoms with Crippen molar-refractivity contribution in [2.45, 2.75) is 6.92 Å². The lowest BCUT2D eigenvalue weighted by molar-refractivity contribution is -0.384. The summed E-state index contributed by atoms with van der Waals surface area (Å²) in [4.78, 5) is 21.3. The van der Waals surface area contributed by atoms with Gasteiger partial charge in [0.05, 0.1) is 17.8 Å². The van der Waals surface area contributed by atoms with E-state index in [0.29, 0.717) is 11.8 Å². The third kappa shape index (κ3) is 3.04. The molecule has 1 aromatic carbocycles. The summed E-state index contributed by atoms with van der Waals surface area (Å²) in [7, 11) is 0. The molecule has 0 amide bonds. The van der Waals surface area contributed by atoms with Crippen molar-refractivity contribution in [1.82, 2.24) is 0 Å². The maximum Gasteiger partial charge on any atom is 0.341 e. The topological polar surface area (TPSA) is 89.7 Å². The van der Waals surface area contributed by atoms with Crippen LogP contribution in [0.3, 0.4) is 0 Å². The number of rotatable bonds is 4. The molecule has 1 N–H and O–H groups in total. The molecule has 0 heterocycles. The molecule has 6 nitrogen and oxygen atoms in total. The van der Waals surface area contributed by atoms with Crippen LogP contribution in [0.25, 0.3) is 5.57 Å². The molecule has 0 aliphatic heterocycles. The van der Waals surface area contributed by atoms with Crippen LogP contribution in [0.2, 0.25) is 0 Å². The van der Waals surface area contributed by atoms with E-state index in [-0.39, 0.29) is 17.9 Å². The van der Waals surface area contributed by atoms with E-state index in [9.17, 15) is 14.9 Å². The van der Waals surface area contributed by atoms with E-state index in [1.165, 1.54) is 24.3 Å². The zero-order valence-corrected chi connectivity index (χ0v) is 9.12. The number of benzene rings is 1. The molecule has 1 aromatic rings. The van der Waals surface area contributed by atoms with Crippen molar-refractivity contribution in [2.24, 2.45) is 0 Å². The third-order valence-corrected chi connectivity index (χ3v) is 2.01. The molecule has 90 valence electrons. The lowest BCUT2D eigenvalue weighted by atomic mass is 10.1. The fourth-order valence-electron chi connectivity index (χ4n) is 1.22. The molecule has 0 aromatic heterocycles. The SMILES string of the molecule is CCOC(=O)/C(=C/O)c1ccc([N+](=O)[O-])cc1. The first kappa shape index (κ1) is 12.7. The number of nitro groups is 1. The van der Waals surface area contributed by atoms with Crippen LogP contribution in [-0.4, -0.2) is 22.6 Å². The van der Waals surface area contributed by atoms with Gasteiger partial charge in [0.1, 0.15) is 5.57 Å². The van der Waals surface area contributed by atoms with Crippen LogP contribution in [-0.2, 0) is 9.53 Å². The summed E-state index contributed by atoms with van der Waals surface area (Å²) in [6, 6.07) is 5.24. The van der Waals surface area contributed by atoms with E-state index in [2.05, 4.69) is 0 Å². The molecule has 0 atom stereocenters. The molecule has 17 heavy (non-hydrogen) atoms. The molecule has 0 radical (unpaired) electrons. The Bertz CT molecular complexity index is 449. The number of ether oxygens (including phenoxy) is 1. The number of non-ortho nitro benzene ring substituents is 1. The summed E-state index contributed by atoms with van der Waals surface area (Å²) in [6.07, 6.45) is 0.624. The molecule has 0 unspecified atom stereocenters. The first-order valence-corrected chi connectivity index (χ1v) is 4.86. The monoisotopic (exact) mass is 237 g/mol. The van der Waals surface area contributed by atoms with Crippen molar-refractivity contribution < 1.29 is 19.6 Å². The van der Waals surface area contributed by atoms with Crippen LogP contribution in [0.5, 0.6) is 0 Å². The van der Waals surface area contributed by atoms with E-state index >= 15 is 0 Å². The largest absolute Gasteiger partial charge is 0.515 e. The molecular formula is C11H11NO5. The van der Waals surface area contributed by atoms with Gasteiger partial charge in [-0.2, -0.15) is 0 Å². The molecule has 0 saturated carbocycles. The maximum atomic E-state index is 11.4. The number of nitro benzene ring substituents is 1. The molecule has 0 bridgehead atoms. The minimum atomic E-state index is -0.677. The molecule has 0 aliphatic carbocycles. The Labute approximate surface area is 97.3 Å². The first-order chi connectivity index (χ1) is 8.10. The molecular weight excluding hydrogens is 226 g/mol. The van der Waals surface area contributed by atoms with Crippen molar-refractivity contribution in [3.05, 3.63) is 46.2 Å². The Morgan fingerprint density at radius 2 is 2.06 bits per heavy atom. The van der Waals surface area contributed by atoms with Gasteiger partial charge in [-0.05, 0) is 24.6 Å². The second kappa shape index (κ2) is 5.64. The Hall–Kier alpha value is -2.37. The fourth-order valence-corrected chi connectivity index (χ4v) is 1.22. The first-order valence-electron chi connectivity index (χ1n) is 4.86. The van der Waals surface area contributed by atoms with Crippen molar-refractivity contribution in [1.29, 1.82) is 0 Å². The number of hydrogen-bond donors (Lipinski definition) is 1. The second-order valence-corrected chi connectivity index (χ2v) is 3.07. The van der Waals surface area contributed by atoms with E-state index in [4.69, 9.17) is 9.84 Å². The Balaban J connectivity index is 2.98. The van der Waals surface area contributed by atoms with Crippen molar-refractivity contribution >= 4 is 17.2 Å². The predicted octanol–water partition coefficient (Wildman–Crippen LogP) is 2.06. The fraction of sp³-hybridized carbons (Fsp3) is 0.182. The number of hydrogen-bond acceptors (Lipinski definition) is 5. The normalized spacial score (nSPS) is 11.0. The number of aliphatic hydroxyl groups excluding tert-OH is 1. The van der Waals surface area contributed by atoms with Gasteiger partial charge in [-0.1, -0.05) is 0 Å². The van der Waals surface area contributed by atoms with Crippen molar-refractivity contribution in [3.63, 3.8) is 0 Å². The highest BCUT2D eigenvalue weighted by atomic mass is 16.6. The average molecular weight is 237 g/mol. The quantitative estimate of drug-likeness (QED) is 0.284. The van der Waals surface area contributed by atoms with Crippen LogP contribution in [0, 0.1) is 10.1 Å². The highest BCUT2D eigenvalue weighted by Gasteiger charge is 2.14. The van der Waals surface area contributed by atoms with Gasteiger partial charge in [0.15, 0.2) is 0 Å². The van der Waals surface area contributed by atoms with Gasteiger partial charge in [0, 0.05) is 12.1 Å². The summed E-state index contributed by atoms with van der Waals surface area (Å²) in [6.45, 7) is 1.83. The molecule has 6 heteroatoms. The molecule has 1 rings (SSSR count). The van der Waals surface area contributed by atoms with Gasteiger partial charge in [-0.25, -0.2) is 4.79 Å². The van der Waals surface area contributed by atoms with Crippen LogP contribution >= 0.6 is 0 Å². The number of aliphatic hydroxyl groups is 1. The molecule has 0 saturated heterocycles. The Morgan fingerprint density at radius 1 is 1.47 bits per heavy atom. The summed E-state index contributed by atoms with van der Waals surface area (Å²) < 4.78 is 4.73. The van der Waals surface area contributed by atoms with Gasteiger partial charge >= 0.3 is 5.97 Å². The minimum absolute atomic E-state index is 0.0400. The molecule has 0 aliphatic rings. The van der Waals surface area contributed by atoms with Crippen LogP contribution in [0.15, 0.2) is 30.5 Å². The molecule has 0 fully saturated rings. The highest BCUT2D eigenvalue weighted by molar-refractivity contribution is 6.16. The zero-order chi connectivity index (χ0) is 12.8. The molecule has 0 spiro atoms. The summed E-state index contributed by atoms with van der Waals surface area (Å²) in [5, 5.41) is 19.4. The lowest BCUT2D eigenvalue weighted by Crippen LogP contribution is -2.07. The Morgan fingerprint density at radius 3 is 2.47 bits per heavy atom. The summed E-state index contributed by atoms with van der Waals surface area (Å²) >= 11 is 0. The van der Waals surface area contributed by atoms with E-state index in [0.717, 1.165) is 0 Å². The van der Waals surface area contributed by atoms with E-state index in [1.807, 2.05) is 0 Å². The minimum Gasteiger partial charge on any atom is -0.515 e. The maximum absolute atomic E-state index is 11.4. The predicted molar refractivity (Wildman–Crippen MR) is 60.3 cm³/mol. The van der Waals surface area contributed by atoms with Gasteiger partial charge in [-0.15, -0.1) is 0 Å². The van der Waals surface area contributed by atoms with Gasteiger partial charge in [0.2, 0.25) is 0 Å². The Kier molecular flexibility index (Phi) is 4.21. The van der Waals surface area contributed by atoms with Crippen molar-refractivity contribution in [2.75, 3.05) is 6.61 Å². The second-order valence-electron chi connectivity index (χ2n) is 3.07. The number of carbonyl (C=O) groups is 1. The third-order valence-electron chi connectivity index (χ3n) is 2.01. The van der Waals surface area contributed by atoms with Crippen LogP contribution in [0.4, 0.5) is 5.69 Å². The zero-order valence-electron chi connectivity index (χ0n) is 9.12. The highest BCUT2D eigenvalue weighted by Crippen LogP contribution is 2.19. The number of carbonyl (C=O) groups excluding carboxylic acids is 1. The van der Waals surface area contributed by atoms with E-state index in [1.54, 1.807) is 6.92 Å². The van der Waals surface area contributed by atoms with E-state index < -0.39 is 10.9 Å². The number of nitrogens with zero attached hydrogens (tertiary/aromatic N) is 1. The van der Waals surface area contributed by atoms with Crippen LogP contribution in [0.1, 0.15) is 12.5 Å². The van der Waals surface area contributed by atoms with Gasteiger partial charge in [0.25, 0.3) is 5.69 Å². The number of esters is 1.